The number of aryl methyl sites for hydroxylation is 1. The summed E-state index contributed by atoms with van der Waals surface area (Å²) < 4.78 is 5.31. The third-order valence-corrected chi connectivity index (χ3v) is 3.34. The molecule has 0 saturated carbocycles. The van der Waals surface area contributed by atoms with Crippen LogP contribution in [0.25, 0.3) is 0 Å². The molecule has 4 nitrogen and oxygen atoms in total. The topological polar surface area (TPSA) is 50.4 Å². The second kappa shape index (κ2) is 6.07. The van der Waals surface area contributed by atoms with Crippen LogP contribution in [0.1, 0.15) is 12.0 Å². The van der Waals surface area contributed by atoms with Crippen molar-refractivity contribution in [1.82, 2.24) is 10.6 Å². The number of methoxy groups -OCH3 is 1. The number of benzene rings is 1. The molecule has 1 aliphatic rings. The number of rotatable bonds is 4. The van der Waals surface area contributed by atoms with Gasteiger partial charge in [0.15, 0.2) is 0 Å². The smallest absolute Gasteiger partial charge is 0.234 e. The van der Waals surface area contributed by atoms with Crippen molar-refractivity contribution < 1.29 is 9.53 Å². The normalized spacial score (nSPS) is 19.4. The fourth-order valence-electron chi connectivity index (χ4n) is 2.09. The van der Waals surface area contributed by atoms with Crippen molar-refractivity contribution in [3.63, 3.8) is 0 Å². The molecule has 1 aliphatic heterocycles. The van der Waals surface area contributed by atoms with Crippen LogP contribution in [0.15, 0.2) is 18.2 Å². The summed E-state index contributed by atoms with van der Waals surface area (Å²) in [6, 6.07) is 5.95. The van der Waals surface area contributed by atoms with Crippen molar-refractivity contribution in [2.75, 3.05) is 20.2 Å². The highest BCUT2D eigenvalue weighted by atomic mass is 35.5. The van der Waals surface area contributed by atoms with Gasteiger partial charge in [0, 0.05) is 17.6 Å². The Bertz CT molecular complexity index is 427. The van der Waals surface area contributed by atoms with Crippen molar-refractivity contribution in [3.05, 3.63) is 28.8 Å². The highest BCUT2D eigenvalue weighted by Gasteiger charge is 2.17. The molecule has 2 N–H and O–H groups in total. The summed E-state index contributed by atoms with van der Waals surface area (Å²) in [6.45, 7) is 1.08. The van der Waals surface area contributed by atoms with Crippen LogP contribution in [0, 0.1) is 0 Å². The Morgan fingerprint density at radius 2 is 2.33 bits per heavy atom. The molecule has 18 heavy (non-hydrogen) atoms. The van der Waals surface area contributed by atoms with Crippen LogP contribution in [0.3, 0.4) is 0 Å². The molecule has 1 aromatic rings. The van der Waals surface area contributed by atoms with E-state index in [1.807, 2.05) is 18.2 Å². The molecule has 1 saturated heterocycles. The lowest BCUT2D eigenvalue weighted by Crippen LogP contribution is -2.51. The Labute approximate surface area is 112 Å². The lowest BCUT2D eigenvalue weighted by molar-refractivity contribution is -0.121. The molecule has 1 aromatic carbocycles. The molecule has 1 fully saturated rings. The van der Waals surface area contributed by atoms with Gasteiger partial charge in [-0.15, -0.1) is 0 Å². The number of carbonyl (C=O) groups is 1. The molecule has 0 bridgehead atoms. The maximum absolute atomic E-state index is 11.0. The van der Waals surface area contributed by atoms with E-state index in [-0.39, 0.29) is 5.91 Å². The average Bonchev–Trinajstić information content (AvgIpc) is 2.38. The Morgan fingerprint density at radius 3 is 3.00 bits per heavy atom. The maximum atomic E-state index is 11.0. The molecular formula is C13H17ClN2O2. The van der Waals surface area contributed by atoms with E-state index >= 15 is 0 Å². The number of hydrogen-bond acceptors (Lipinski definition) is 3. The van der Waals surface area contributed by atoms with Gasteiger partial charge < -0.3 is 15.4 Å². The first-order valence-corrected chi connectivity index (χ1v) is 6.39. The summed E-state index contributed by atoms with van der Waals surface area (Å²) in [4.78, 5) is 11.0. The number of ether oxygens (including phenoxy) is 1. The van der Waals surface area contributed by atoms with E-state index in [4.69, 9.17) is 16.3 Å². The van der Waals surface area contributed by atoms with Gasteiger partial charge in [-0.3, -0.25) is 4.79 Å². The number of nitrogens with one attached hydrogen (secondary N) is 2. The summed E-state index contributed by atoms with van der Waals surface area (Å²) in [6.07, 6.45) is 1.81. The summed E-state index contributed by atoms with van der Waals surface area (Å²) in [7, 11) is 1.66. The van der Waals surface area contributed by atoms with Crippen LogP contribution in [-0.4, -0.2) is 32.1 Å². The van der Waals surface area contributed by atoms with E-state index in [1.165, 1.54) is 0 Å². The van der Waals surface area contributed by atoms with Gasteiger partial charge >= 0.3 is 0 Å². The van der Waals surface area contributed by atoms with Crippen molar-refractivity contribution >= 4 is 17.5 Å². The molecule has 0 radical (unpaired) electrons. The minimum Gasteiger partial charge on any atom is -0.496 e. The van der Waals surface area contributed by atoms with Crippen molar-refractivity contribution in [3.8, 4) is 5.75 Å². The largest absolute Gasteiger partial charge is 0.496 e. The first-order valence-electron chi connectivity index (χ1n) is 6.01. The number of piperazine rings is 1. The standard InChI is InChI=1S/C13H17ClN2O2/c1-18-12-5-3-10(14)6-9(12)2-4-11-7-16-13(17)8-15-11/h3,5-6,11,15H,2,4,7-8H2,1H3,(H,16,17). The Hall–Kier alpha value is -1.26. The fraction of sp³-hybridized carbons (Fsp3) is 0.462. The van der Waals surface area contributed by atoms with E-state index in [9.17, 15) is 4.79 Å². The van der Waals surface area contributed by atoms with Crippen molar-refractivity contribution in [2.24, 2.45) is 0 Å². The minimum absolute atomic E-state index is 0.0617. The number of amides is 1. The monoisotopic (exact) mass is 268 g/mol. The average molecular weight is 269 g/mol. The van der Waals surface area contributed by atoms with Crippen LogP contribution in [0.4, 0.5) is 0 Å². The maximum Gasteiger partial charge on any atom is 0.234 e. The van der Waals surface area contributed by atoms with Crippen molar-refractivity contribution in [1.29, 1.82) is 0 Å². The fourth-order valence-corrected chi connectivity index (χ4v) is 2.28. The highest BCUT2D eigenvalue weighted by Crippen LogP contribution is 2.24. The van der Waals surface area contributed by atoms with Gasteiger partial charge in [0.25, 0.3) is 0 Å². The van der Waals surface area contributed by atoms with Crippen LogP contribution in [0.2, 0.25) is 5.02 Å². The molecule has 1 heterocycles. The lowest BCUT2D eigenvalue weighted by atomic mass is 10.0. The molecule has 5 heteroatoms. The molecule has 98 valence electrons. The molecule has 2 rings (SSSR count). The Kier molecular flexibility index (Phi) is 4.44. The zero-order chi connectivity index (χ0) is 13.0. The van der Waals surface area contributed by atoms with Gasteiger partial charge in [-0.05, 0) is 36.6 Å². The summed E-state index contributed by atoms with van der Waals surface area (Å²) in [5.74, 6) is 0.922. The molecular weight excluding hydrogens is 252 g/mol. The van der Waals surface area contributed by atoms with Gasteiger partial charge in [-0.25, -0.2) is 0 Å². The first-order chi connectivity index (χ1) is 8.69. The van der Waals surface area contributed by atoms with E-state index in [0.29, 0.717) is 19.1 Å². The number of carbonyl (C=O) groups excluding carboxylic acids is 1. The van der Waals surface area contributed by atoms with Gasteiger partial charge in [-0.1, -0.05) is 11.6 Å². The Morgan fingerprint density at radius 1 is 1.50 bits per heavy atom. The van der Waals surface area contributed by atoms with Crippen LogP contribution in [-0.2, 0) is 11.2 Å². The second-order valence-electron chi connectivity index (χ2n) is 4.38. The molecule has 1 unspecified atom stereocenters. The first kappa shape index (κ1) is 13.2. The molecule has 1 amide bonds. The number of halogens is 1. The summed E-state index contributed by atoms with van der Waals surface area (Å²) in [5, 5.41) is 6.77. The Balaban J connectivity index is 1.93. The quantitative estimate of drug-likeness (QED) is 0.867. The summed E-state index contributed by atoms with van der Waals surface area (Å²) >= 11 is 5.99. The van der Waals surface area contributed by atoms with Crippen molar-refractivity contribution in [2.45, 2.75) is 18.9 Å². The van der Waals surface area contributed by atoms with Crippen LogP contribution in [0.5, 0.6) is 5.75 Å². The third-order valence-electron chi connectivity index (χ3n) is 3.10. The van der Waals surface area contributed by atoms with Crippen LogP contribution >= 0.6 is 11.6 Å². The van der Waals surface area contributed by atoms with E-state index in [0.717, 1.165) is 29.2 Å². The third kappa shape index (κ3) is 3.37. The van der Waals surface area contributed by atoms with Gasteiger partial charge in [0.1, 0.15) is 5.75 Å². The second-order valence-corrected chi connectivity index (χ2v) is 4.81. The highest BCUT2D eigenvalue weighted by molar-refractivity contribution is 6.30. The SMILES string of the molecule is COc1ccc(Cl)cc1CCC1CNC(=O)CN1. The predicted octanol–water partition coefficient (Wildman–Crippen LogP) is 1.37. The minimum atomic E-state index is 0.0617. The van der Waals surface area contributed by atoms with E-state index in [2.05, 4.69) is 10.6 Å². The predicted molar refractivity (Wildman–Crippen MR) is 71.1 cm³/mol. The van der Waals surface area contributed by atoms with Gasteiger partial charge in [0.05, 0.1) is 13.7 Å². The van der Waals surface area contributed by atoms with Gasteiger partial charge in [0.2, 0.25) is 5.91 Å². The van der Waals surface area contributed by atoms with E-state index < -0.39 is 0 Å². The molecule has 1 atom stereocenters. The lowest BCUT2D eigenvalue weighted by Gasteiger charge is -2.24. The van der Waals surface area contributed by atoms with Gasteiger partial charge in [-0.2, -0.15) is 0 Å². The zero-order valence-corrected chi connectivity index (χ0v) is 11.1. The summed E-state index contributed by atoms with van der Waals surface area (Å²) in [5.41, 5.74) is 1.10. The molecule has 0 aliphatic carbocycles. The zero-order valence-electron chi connectivity index (χ0n) is 10.3. The molecule has 0 spiro atoms. The van der Waals surface area contributed by atoms with Crippen LogP contribution < -0.4 is 15.4 Å². The van der Waals surface area contributed by atoms with E-state index in [1.54, 1.807) is 7.11 Å². The number of hydrogen-bond donors (Lipinski definition) is 2. The molecule has 0 aromatic heterocycles.